The van der Waals surface area contributed by atoms with Gasteiger partial charge in [0.25, 0.3) is 0 Å². The molecule has 3 rings (SSSR count). The number of hydrogen-bond acceptors (Lipinski definition) is 6. The zero-order chi connectivity index (χ0) is 10.8. The minimum Gasteiger partial charge on any atom is -0.362 e. The number of rotatable bonds is 3. The van der Waals surface area contributed by atoms with Gasteiger partial charge >= 0.3 is 0 Å². The second kappa shape index (κ2) is 3.86. The quantitative estimate of drug-likeness (QED) is 0.714. The molecule has 0 saturated heterocycles. The van der Waals surface area contributed by atoms with Crippen LogP contribution in [-0.2, 0) is 6.54 Å². The van der Waals surface area contributed by atoms with E-state index in [1.807, 2.05) is 17.5 Å². The molecule has 80 valence electrons. The van der Waals surface area contributed by atoms with Gasteiger partial charge in [0.2, 0.25) is 0 Å². The summed E-state index contributed by atoms with van der Waals surface area (Å²) in [4.78, 5) is 4.29. The Kier molecular flexibility index (Phi) is 2.22. The number of anilines is 1. The molecule has 7 heteroatoms. The van der Waals surface area contributed by atoms with E-state index >= 15 is 0 Å². The van der Waals surface area contributed by atoms with Crippen molar-refractivity contribution in [2.75, 3.05) is 5.32 Å². The highest BCUT2D eigenvalue weighted by atomic mass is 32.1. The lowest BCUT2D eigenvalue weighted by Gasteiger charge is -2.03. The van der Waals surface area contributed by atoms with Crippen LogP contribution < -0.4 is 5.32 Å². The fourth-order valence-electron chi connectivity index (χ4n) is 1.46. The number of tetrazole rings is 1. The Morgan fingerprint density at radius 3 is 3.25 bits per heavy atom. The Morgan fingerprint density at radius 2 is 2.38 bits per heavy atom. The molecule has 0 unspecified atom stereocenters. The molecular weight excluding hydrogens is 224 g/mol. The summed E-state index contributed by atoms with van der Waals surface area (Å²) in [6.45, 7) is 0.512. The largest absolute Gasteiger partial charge is 0.362 e. The lowest BCUT2D eigenvalue weighted by Crippen LogP contribution is -2.03. The smallest absolute Gasteiger partial charge is 0.193 e. The molecule has 0 atom stereocenters. The Labute approximate surface area is 94.7 Å². The van der Waals surface area contributed by atoms with Crippen LogP contribution in [0, 0.1) is 0 Å². The first-order chi connectivity index (χ1) is 7.93. The monoisotopic (exact) mass is 232 g/mol. The first kappa shape index (κ1) is 9.22. The van der Waals surface area contributed by atoms with Gasteiger partial charge in [-0.2, -0.15) is 5.21 Å². The van der Waals surface area contributed by atoms with Crippen molar-refractivity contribution in [2.24, 2.45) is 0 Å². The highest BCUT2D eigenvalue weighted by molar-refractivity contribution is 7.17. The summed E-state index contributed by atoms with van der Waals surface area (Å²) >= 11 is 1.70. The van der Waals surface area contributed by atoms with Gasteiger partial charge in [-0.15, -0.1) is 21.5 Å². The number of nitrogens with one attached hydrogen (secondary N) is 2. The summed E-state index contributed by atoms with van der Waals surface area (Å²) in [6.07, 6.45) is 1.79. The van der Waals surface area contributed by atoms with Gasteiger partial charge in [0.15, 0.2) is 5.82 Å². The van der Waals surface area contributed by atoms with Crippen LogP contribution in [-0.4, -0.2) is 25.6 Å². The number of fused-ring (bicyclic) bond motifs is 1. The summed E-state index contributed by atoms with van der Waals surface area (Å²) in [6, 6.07) is 4.05. The van der Waals surface area contributed by atoms with E-state index in [1.165, 1.54) is 4.70 Å². The number of thiophene rings is 1. The average Bonchev–Trinajstić information content (AvgIpc) is 2.97. The van der Waals surface area contributed by atoms with Crippen LogP contribution >= 0.6 is 11.3 Å². The number of aromatic nitrogens is 5. The van der Waals surface area contributed by atoms with Gasteiger partial charge in [-0.05, 0) is 17.5 Å². The highest BCUT2D eigenvalue weighted by Gasteiger charge is 2.04. The predicted molar refractivity (Wildman–Crippen MR) is 61.1 cm³/mol. The average molecular weight is 232 g/mol. The van der Waals surface area contributed by atoms with E-state index in [1.54, 1.807) is 17.5 Å². The van der Waals surface area contributed by atoms with Crippen molar-refractivity contribution >= 4 is 27.2 Å². The van der Waals surface area contributed by atoms with Crippen molar-refractivity contribution in [2.45, 2.75) is 6.54 Å². The summed E-state index contributed by atoms with van der Waals surface area (Å²) in [7, 11) is 0. The van der Waals surface area contributed by atoms with Crippen LogP contribution in [0.5, 0.6) is 0 Å². The summed E-state index contributed by atoms with van der Waals surface area (Å²) in [5, 5.41) is 20.0. The van der Waals surface area contributed by atoms with E-state index in [0.717, 1.165) is 11.2 Å². The number of pyridine rings is 1. The Morgan fingerprint density at radius 1 is 1.38 bits per heavy atom. The van der Waals surface area contributed by atoms with Crippen LogP contribution in [0.4, 0.5) is 5.82 Å². The lowest BCUT2D eigenvalue weighted by molar-refractivity contribution is 0.881. The Balaban J connectivity index is 1.86. The van der Waals surface area contributed by atoms with Gasteiger partial charge in [-0.25, -0.2) is 4.98 Å². The second-order valence-corrected chi connectivity index (χ2v) is 4.12. The first-order valence-electron chi connectivity index (χ1n) is 4.72. The number of H-pyrrole nitrogens is 1. The van der Waals surface area contributed by atoms with Gasteiger partial charge in [0, 0.05) is 16.3 Å². The molecule has 2 N–H and O–H groups in total. The second-order valence-electron chi connectivity index (χ2n) is 3.17. The highest BCUT2D eigenvalue weighted by Crippen LogP contribution is 2.25. The van der Waals surface area contributed by atoms with E-state index in [-0.39, 0.29) is 0 Å². The molecule has 0 amide bonds. The van der Waals surface area contributed by atoms with Crippen molar-refractivity contribution in [3.05, 3.63) is 29.5 Å². The maximum Gasteiger partial charge on any atom is 0.193 e. The van der Waals surface area contributed by atoms with Gasteiger partial charge in [0.05, 0.1) is 6.54 Å². The molecule has 0 fully saturated rings. The molecule has 0 aliphatic carbocycles. The third kappa shape index (κ3) is 1.61. The maximum absolute atomic E-state index is 4.29. The standard InChI is InChI=1S/C9H8N6S/c1-3-10-9(6-2-4-16-7(1)6)11-5-8-12-14-15-13-8/h1-4H,5H2,(H,10,11)(H,12,13,14,15). The summed E-state index contributed by atoms with van der Waals surface area (Å²) in [5.41, 5.74) is 0. The van der Waals surface area contributed by atoms with Crippen molar-refractivity contribution < 1.29 is 0 Å². The molecule has 0 spiro atoms. The Bertz CT molecular complexity index is 587. The van der Waals surface area contributed by atoms with Gasteiger partial charge in [-0.3, -0.25) is 0 Å². The zero-order valence-electron chi connectivity index (χ0n) is 8.21. The van der Waals surface area contributed by atoms with E-state index < -0.39 is 0 Å². The van der Waals surface area contributed by atoms with Crippen molar-refractivity contribution in [3.8, 4) is 0 Å². The van der Waals surface area contributed by atoms with Crippen LogP contribution in [0.25, 0.3) is 10.1 Å². The van der Waals surface area contributed by atoms with Crippen molar-refractivity contribution in [1.82, 2.24) is 25.6 Å². The van der Waals surface area contributed by atoms with Crippen molar-refractivity contribution in [1.29, 1.82) is 0 Å². The number of nitrogens with zero attached hydrogens (tertiary/aromatic N) is 4. The fourth-order valence-corrected chi connectivity index (χ4v) is 2.24. The van der Waals surface area contributed by atoms with Crippen molar-refractivity contribution in [3.63, 3.8) is 0 Å². The molecule has 0 bridgehead atoms. The van der Waals surface area contributed by atoms with Gasteiger partial charge < -0.3 is 5.32 Å². The third-order valence-corrected chi connectivity index (χ3v) is 3.07. The van der Waals surface area contributed by atoms with E-state index in [2.05, 4.69) is 30.9 Å². The molecule has 16 heavy (non-hydrogen) atoms. The Hall–Kier alpha value is -2.02. The fraction of sp³-hybridized carbons (Fsp3) is 0.111. The third-order valence-electron chi connectivity index (χ3n) is 2.18. The van der Waals surface area contributed by atoms with Crippen LogP contribution in [0.1, 0.15) is 5.82 Å². The van der Waals surface area contributed by atoms with Gasteiger partial charge in [0.1, 0.15) is 5.82 Å². The molecule has 3 aromatic rings. The molecule has 0 radical (unpaired) electrons. The topological polar surface area (TPSA) is 79.4 Å². The van der Waals surface area contributed by atoms with E-state index in [0.29, 0.717) is 12.4 Å². The van der Waals surface area contributed by atoms with Crippen LogP contribution in [0.3, 0.4) is 0 Å². The zero-order valence-corrected chi connectivity index (χ0v) is 9.03. The molecule has 6 nitrogen and oxygen atoms in total. The van der Waals surface area contributed by atoms with E-state index in [4.69, 9.17) is 0 Å². The molecule has 0 aromatic carbocycles. The normalized spacial score (nSPS) is 10.8. The minimum absolute atomic E-state index is 0.512. The lowest BCUT2D eigenvalue weighted by atomic mass is 10.3. The minimum atomic E-state index is 0.512. The molecule has 0 aliphatic rings. The van der Waals surface area contributed by atoms with Crippen LogP contribution in [0.15, 0.2) is 23.7 Å². The molecule has 0 aliphatic heterocycles. The van der Waals surface area contributed by atoms with Gasteiger partial charge in [-0.1, -0.05) is 5.21 Å². The van der Waals surface area contributed by atoms with E-state index in [9.17, 15) is 0 Å². The number of hydrogen-bond donors (Lipinski definition) is 2. The summed E-state index contributed by atoms with van der Waals surface area (Å²) < 4.78 is 1.21. The molecule has 3 aromatic heterocycles. The molecule has 3 heterocycles. The summed E-state index contributed by atoms with van der Waals surface area (Å²) in [5.74, 6) is 1.47. The number of aromatic amines is 1. The molecular formula is C9H8N6S. The molecule has 0 saturated carbocycles. The van der Waals surface area contributed by atoms with Crippen LogP contribution in [0.2, 0.25) is 0 Å². The maximum atomic E-state index is 4.29. The SMILES string of the molecule is c1cc2sccc2c(NCc2nn[nH]n2)n1. The predicted octanol–water partition coefficient (Wildman–Crippen LogP) is 1.42. The first-order valence-corrected chi connectivity index (χ1v) is 5.60.